The van der Waals surface area contributed by atoms with Gasteiger partial charge in [0, 0.05) is 6.61 Å². The Balaban J connectivity index is 3.99. The van der Waals surface area contributed by atoms with Crippen LogP contribution in [0.4, 0.5) is 0 Å². The van der Waals surface area contributed by atoms with Gasteiger partial charge in [-0.3, -0.25) is 0 Å². The molecule has 0 heterocycles. The molecule has 0 radical (unpaired) electrons. The smallest absolute Gasteiger partial charge is 0.0484 e. The lowest BCUT2D eigenvalue weighted by Crippen LogP contribution is -2.23. The van der Waals surface area contributed by atoms with Gasteiger partial charge in [0.15, 0.2) is 0 Å². The standard InChI is InChI=1S/C12H26O/c1-6-11(3,4)8-9-12(5,7-2)10-13/h13H,6-10H2,1-5H3. The van der Waals surface area contributed by atoms with Crippen molar-refractivity contribution in [1.29, 1.82) is 0 Å². The van der Waals surface area contributed by atoms with Crippen molar-refractivity contribution in [3.05, 3.63) is 0 Å². The largest absolute Gasteiger partial charge is 0.396 e. The maximum atomic E-state index is 9.25. The summed E-state index contributed by atoms with van der Waals surface area (Å²) in [6, 6.07) is 0. The highest BCUT2D eigenvalue weighted by Crippen LogP contribution is 2.34. The molecule has 0 spiro atoms. The van der Waals surface area contributed by atoms with Crippen molar-refractivity contribution in [2.45, 2.75) is 60.3 Å². The fourth-order valence-corrected chi connectivity index (χ4v) is 1.18. The third-order valence-corrected chi connectivity index (χ3v) is 3.60. The SMILES string of the molecule is CCC(C)(C)CCC(C)(CC)CO. The molecule has 1 nitrogen and oxygen atoms in total. The third-order valence-electron chi connectivity index (χ3n) is 3.60. The fraction of sp³-hybridized carbons (Fsp3) is 1.00. The minimum Gasteiger partial charge on any atom is -0.396 e. The minimum atomic E-state index is 0.145. The molecule has 0 aliphatic heterocycles. The summed E-state index contributed by atoms with van der Waals surface area (Å²) in [5, 5.41) is 9.25. The van der Waals surface area contributed by atoms with Crippen molar-refractivity contribution < 1.29 is 5.11 Å². The molecule has 0 aromatic heterocycles. The zero-order valence-corrected chi connectivity index (χ0v) is 9.98. The molecule has 0 aliphatic rings. The molecule has 0 saturated heterocycles. The summed E-state index contributed by atoms with van der Waals surface area (Å²) in [7, 11) is 0. The van der Waals surface area contributed by atoms with Crippen LogP contribution in [0.15, 0.2) is 0 Å². The molecule has 0 rings (SSSR count). The van der Waals surface area contributed by atoms with Crippen molar-refractivity contribution in [2.24, 2.45) is 10.8 Å². The highest BCUT2D eigenvalue weighted by Gasteiger charge is 2.24. The molecule has 1 atom stereocenters. The number of rotatable bonds is 6. The van der Waals surface area contributed by atoms with E-state index in [4.69, 9.17) is 0 Å². The minimum absolute atomic E-state index is 0.145. The summed E-state index contributed by atoms with van der Waals surface area (Å²) in [4.78, 5) is 0. The molecule has 0 aliphatic carbocycles. The van der Waals surface area contributed by atoms with Crippen molar-refractivity contribution in [1.82, 2.24) is 0 Å². The van der Waals surface area contributed by atoms with Crippen LogP contribution in [-0.2, 0) is 0 Å². The van der Waals surface area contributed by atoms with E-state index in [-0.39, 0.29) is 5.41 Å². The highest BCUT2D eigenvalue weighted by molar-refractivity contribution is 4.76. The van der Waals surface area contributed by atoms with Gasteiger partial charge in [0.25, 0.3) is 0 Å². The Hall–Kier alpha value is -0.0400. The van der Waals surface area contributed by atoms with Gasteiger partial charge < -0.3 is 5.11 Å². The van der Waals surface area contributed by atoms with Crippen LogP contribution in [0.1, 0.15) is 60.3 Å². The van der Waals surface area contributed by atoms with E-state index in [0.717, 1.165) is 12.8 Å². The van der Waals surface area contributed by atoms with E-state index in [2.05, 4.69) is 34.6 Å². The van der Waals surface area contributed by atoms with Gasteiger partial charge in [-0.1, -0.05) is 41.0 Å². The van der Waals surface area contributed by atoms with Crippen LogP contribution in [0.25, 0.3) is 0 Å². The molecule has 0 saturated carbocycles. The van der Waals surface area contributed by atoms with Gasteiger partial charge in [-0.05, 0) is 30.1 Å². The number of aliphatic hydroxyl groups is 1. The van der Waals surface area contributed by atoms with Crippen molar-refractivity contribution in [2.75, 3.05) is 6.61 Å². The van der Waals surface area contributed by atoms with E-state index in [1.165, 1.54) is 12.8 Å². The number of hydrogen-bond donors (Lipinski definition) is 1. The van der Waals surface area contributed by atoms with Gasteiger partial charge in [-0.25, -0.2) is 0 Å². The zero-order valence-electron chi connectivity index (χ0n) is 9.98. The average Bonchev–Trinajstić information content (AvgIpc) is 2.14. The van der Waals surface area contributed by atoms with Crippen LogP contribution in [-0.4, -0.2) is 11.7 Å². The lowest BCUT2D eigenvalue weighted by atomic mass is 9.76. The van der Waals surface area contributed by atoms with Gasteiger partial charge in [-0.15, -0.1) is 0 Å². The van der Waals surface area contributed by atoms with Gasteiger partial charge in [0.2, 0.25) is 0 Å². The van der Waals surface area contributed by atoms with Crippen LogP contribution < -0.4 is 0 Å². The molecule has 0 aromatic rings. The van der Waals surface area contributed by atoms with E-state index >= 15 is 0 Å². The second-order valence-electron chi connectivity index (χ2n) is 5.34. The number of aliphatic hydroxyl groups excluding tert-OH is 1. The summed E-state index contributed by atoms with van der Waals surface area (Å²) in [6.45, 7) is 11.5. The zero-order chi connectivity index (χ0) is 10.5. The molecule has 1 unspecified atom stereocenters. The summed E-state index contributed by atoms with van der Waals surface area (Å²) in [6.07, 6.45) is 4.65. The molecule has 1 N–H and O–H groups in total. The monoisotopic (exact) mass is 186 g/mol. The Morgan fingerprint density at radius 1 is 0.923 bits per heavy atom. The molecule has 0 fully saturated rings. The summed E-state index contributed by atoms with van der Waals surface area (Å²) in [5.74, 6) is 0. The van der Waals surface area contributed by atoms with Crippen molar-refractivity contribution >= 4 is 0 Å². The first-order valence-electron chi connectivity index (χ1n) is 5.50. The molecule has 80 valence electrons. The summed E-state index contributed by atoms with van der Waals surface area (Å²) in [5.41, 5.74) is 0.581. The predicted octanol–water partition coefficient (Wildman–Crippen LogP) is 3.61. The molecule has 0 amide bonds. The second kappa shape index (κ2) is 4.99. The van der Waals surface area contributed by atoms with Crippen LogP contribution in [0.5, 0.6) is 0 Å². The van der Waals surface area contributed by atoms with Crippen LogP contribution in [0, 0.1) is 10.8 Å². The van der Waals surface area contributed by atoms with Crippen molar-refractivity contribution in [3.63, 3.8) is 0 Å². The van der Waals surface area contributed by atoms with E-state index < -0.39 is 0 Å². The predicted molar refractivity (Wildman–Crippen MR) is 58.8 cm³/mol. The van der Waals surface area contributed by atoms with E-state index in [0.29, 0.717) is 12.0 Å². The van der Waals surface area contributed by atoms with Gasteiger partial charge >= 0.3 is 0 Å². The van der Waals surface area contributed by atoms with E-state index in [9.17, 15) is 5.11 Å². The molecule has 13 heavy (non-hydrogen) atoms. The fourth-order valence-electron chi connectivity index (χ4n) is 1.18. The first kappa shape index (κ1) is 13.0. The van der Waals surface area contributed by atoms with Crippen molar-refractivity contribution in [3.8, 4) is 0 Å². The molecular weight excluding hydrogens is 160 g/mol. The Labute approximate surface area is 83.5 Å². The normalized spacial score (nSPS) is 17.1. The van der Waals surface area contributed by atoms with Crippen LogP contribution in [0.3, 0.4) is 0 Å². The second-order valence-corrected chi connectivity index (χ2v) is 5.34. The lowest BCUT2D eigenvalue weighted by molar-refractivity contribution is 0.109. The lowest BCUT2D eigenvalue weighted by Gasteiger charge is -2.31. The summed E-state index contributed by atoms with van der Waals surface area (Å²) >= 11 is 0. The maximum absolute atomic E-state index is 9.25. The van der Waals surface area contributed by atoms with Gasteiger partial charge in [0.05, 0.1) is 0 Å². The van der Waals surface area contributed by atoms with E-state index in [1.54, 1.807) is 0 Å². The van der Waals surface area contributed by atoms with Crippen LogP contribution in [0.2, 0.25) is 0 Å². The van der Waals surface area contributed by atoms with Crippen LogP contribution >= 0.6 is 0 Å². The maximum Gasteiger partial charge on any atom is 0.0484 e. The summed E-state index contributed by atoms with van der Waals surface area (Å²) < 4.78 is 0. The Kier molecular flexibility index (Phi) is 4.98. The quantitative estimate of drug-likeness (QED) is 0.672. The number of hydrogen-bond acceptors (Lipinski definition) is 1. The average molecular weight is 186 g/mol. The first-order valence-corrected chi connectivity index (χ1v) is 5.50. The highest BCUT2D eigenvalue weighted by atomic mass is 16.3. The topological polar surface area (TPSA) is 20.2 Å². The Morgan fingerprint density at radius 3 is 1.77 bits per heavy atom. The van der Waals surface area contributed by atoms with E-state index in [1.807, 2.05) is 0 Å². The molecular formula is C12H26O. The molecule has 1 heteroatoms. The molecule has 0 bridgehead atoms. The molecule has 0 aromatic carbocycles. The van der Waals surface area contributed by atoms with Gasteiger partial charge in [0.1, 0.15) is 0 Å². The Morgan fingerprint density at radius 2 is 1.46 bits per heavy atom. The first-order chi connectivity index (χ1) is 5.89. The third kappa shape index (κ3) is 4.66. The van der Waals surface area contributed by atoms with Gasteiger partial charge in [-0.2, -0.15) is 0 Å². The Bertz CT molecular complexity index is 134.